The van der Waals surface area contributed by atoms with Crippen LogP contribution in [0.2, 0.25) is 0 Å². The number of para-hydroxylation sites is 2. The van der Waals surface area contributed by atoms with Crippen molar-refractivity contribution in [3.05, 3.63) is 63.2 Å². The number of fused-ring (bicyclic) bond motifs is 5. The van der Waals surface area contributed by atoms with Crippen LogP contribution >= 0.6 is 0 Å². The minimum Gasteiger partial charge on any atom is -0.480 e. The molecule has 8 nitrogen and oxygen atoms in total. The zero-order chi connectivity index (χ0) is 26.7. The first-order valence-corrected chi connectivity index (χ1v) is 14.7. The van der Waals surface area contributed by atoms with Gasteiger partial charge in [-0.3, -0.25) is 23.9 Å². The van der Waals surface area contributed by atoms with Gasteiger partial charge in [-0.25, -0.2) is 4.98 Å². The van der Waals surface area contributed by atoms with Gasteiger partial charge in [0, 0.05) is 30.2 Å². The second-order valence-electron chi connectivity index (χ2n) is 12.3. The second-order valence-corrected chi connectivity index (χ2v) is 12.3. The fourth-order valence-corrected chi connectivity index (χ4v) is 8.64. The first kappa shape index (κ1) is 24.8. The van der Waals surface area contributed by atoms with Crippen LogP contribution in [0.15, 0.2) is 52.1 Å². The van der Waals surface area contributed by atoms with E-state index in [9.17, 15) is 19.5 Å². The molecule has 2 aromatic heterocycles. The van der Waals surface area contributed by atoms with E-state index in [1.54, 1.807) is 12.1 Å². The molecule has 2 unspecified atom stereocenters. The van der Waals surface area contributed by atoms with E-state index in [1.165, 1.54) is 57.4 Å². The fraction of sp³-hybridized carbons (Fsp3) is 0.548. The van der Waals surface area contributed by atoms with Gasteiger partial charge in [0.1, 0.15) is 6.54 Å². The number of carboxylic acids is 1. The van der Waals surface area contributed by atoms with Crippen molar-refractivity contribution in [2.24, 2.45) is 11.8 Å². The number of rotatable bonds is 5. The summed E-state index contributed by atoms with van der Waals surface area (Å²) in [6, 6.07) is 13.9. The van der Waals surface area contributed by atoms with Gasteiger partial charge in [0.05, 0.1) is 16.7 Å². The first-order valence-electron chi connectivity index (χ1n) is 14.7. The van der Waals surface area contributed by atoms with E-state index >= 15 is 0 Å². The molecule has 0 spiro atoms. The Hall–Kier alpha value is -3.26. The first-order chi connectivity index (χ1) is 19.0. The lowest BCUT2D eigenvalue weighted by atomic mass is 9.69. The molecule has 2 saturated carbocycles. The van der Waals surface area contributed by atoms with E-state index in [4.69, 9.17) is 0 Å². The van der Waals surface area contributed by atoms with Crippen LogP contribution in [0.25, 0.3) is 22.4 Å². The van der Waals surface area contributed by atoms with Crippen LogP contribution in [-0.2, 0) is 11.3 Å². The molecule has 6 atom stereocenters. The summed E-state index contributed by atoms with van der Waals surface area (Å²) in [5, 5.41) is 9.44. The van der Waals surface area contributed by atoms with Crippen molar-refractivity contribution < 1.29 is 9.90 Å². The Morgan fingerprint density at radius 2 is 1.54 bits per heavy atom. The van der Waals surface area contributed by atoms with E-state index in [2.05, 4.69) is 9.88 Å². The summed E-state index contributed by atoms with van der Waals surface area (Å²) >= 11 is 0. The Kier molecular flexibility index (Phi) is 6.18. The number of nitrogens with zero attached hydrogens (tertiary/aromatic N) is 4. The van der Waals surface area contributed by atoms with Crippen LogP contribution in [0.4, 0.5) is 0 Å². The molecule has 4 aliphatic rings. The summed E-state index contributed by atoms with van der Waals surface area (Å²) in [6.07, 6.45) is 12.5. The Labute approximate surface area is 227 Å². The number of hydrogen-bond acceptors (Lipinski definition) is 5. The lowest BCUT2D eigenvalue weighted by Gasteiger charge is -2.49. The number of benzene rings is 1. The standard InChI is InChI=1S/C31H36N4O4/c36-28-10-4-9-27(33(28)18-29(37)38)30-31(39)35(26-8-2-1-7-25(26)32-30)24-16-21-11-12-22(17-24)34(21)23-14-19-5-3-6-20(13-19)15-23/h1-2,4,7-10,19-24H,3,5-6,11-18H2,(H,37,38)/t19-,20+,21-,22+,23?,24?. The summed E-state index contributed by atoms with van der Waals surface area (Å²) < 4.78 is 3.05. The average molecular weight is 529 g/mol. The maximum Gasteiger partial charge on any atom is 0.323 e. The van der Waals surface area contributed by atoms with Crippen LogP contribution in [0.3, 0.4) is 0 Å². The highest BCUT2D eigenvalue weighted by atomic mass is 16.4. The molecule has 1 aromatic carbocycles. The molecule has 39 heavy (non-hydrogen) atoms. The fourth-order valence-electron chi connectivity index (χ4n) is 8.64. The number of aliphatic carboxylic acids is 1. The Balaban J connectivity index is 1.28. The SMILES string of the molecule is O=C(O)Cn1c(-c2nc3ccccc3n(C3C[C@H]4CC[C@@H](C3)N4C3C[C@H]4CCC[C@@H](C3)C4)c2=O)cccc1=O. The van der Waals surface area contributed by atoms with Crippen molar-refractivity contribution >= 4 is 17.0 Å². The van der Waals surface area contributed by atoms with Crippen LogP contribution in [0.5, 0.6) is 0 Å². The minimum atomic E-state index is -1.14. The van der Waals surface area contributed by atoms with Gasteiger partial charge in [-0.2, -0.15) is 0 Å². The van der Waals surface area contributed by atoms with Crippen molar-refractivity contribution in [1.29, 1.82) is 0 Å². The summed E-state index contributed by atoms with van der Waals surface area (Å²) in [5.41, 5.74) is 1.17. The van der Waals surface area contributed by atoms with Crippen molar-refractivity contribution in [3.8, 4) is 11.4 Å². The van der Waals surface area contributed by atoms with Crippen molar-refractivity contribution in [2.45, 2.75) is 94.9 Å². The smallest absolute Gasteiger partial charge is 0.323 e. The van der Waals surface area contributed by atoms with Gasteiger partial charge in [-0.15, -0.1) is 0 Å². The monoisotopic (exact) mass is 528 g/mol. The van der Waals surface area contributed by atoms with Gasteiger partial charge in [-0.1, -0.05) is 37.5 Å². The highest BCUT2D eigenvalue weighted by Crippen LogP contribution is 2.48. The topological polar surface area (TPSA) is 97.4 Å². The van der Waals surface area contributed by atoms with Gasteiger partial charge in [0.15, 0.2) is 5.69 Å². The maximum absolute atomic E-state index is 14.2. The number of carbonyl (C=O) groups is 1. The number of carboxylic acid groups (broad SMARTS) is 1. The summed E-state index contributed by atoms with van der Waals surface area (Å²) in [5.74, 6) is 0.646. The highest BCUT2D eigenvalue weighted by molar-refractivity contribution is 5.78. The lowest BCUT2D eigenvalue weighted by molar-refractivity contribution is -0.137. The Morgan fingerprint density at radius 1 is 0.821 bits per heavy atom. The van der Waals surface area contributed by atoms with E-state index in [1.807, 2.05) is 28.8 Å². The molecule has 2 aliphatic heterocycles. The molecule has 4 bridgehead atoms. The van der Waals surface area contributed by atoms with Gasteiger partial charge in [-0.05, 0) is 75.0 Å². The number of hydrogen-bond donors (Lipinski definition) is 1. The lowest BCUT2D eigenvalue weighted by Crippen LogP contribution is -2.52. The summed E-state index contributed by atoms with van der Waals surface area (Å²) in [7, 11) is 0. The highest BCUT2D eigenvalue weighted by Gasteiger charge is 2.47. The average Bonchev–Trinajstić information content (AvgIpc) is 3.18. The predicted molar refractivity (Wildman–Crippen MR) is 149 cm³/mol. The Bertz CT molecular complexity index is 1520. The normalized spacial score (nSPS) is 30.5. The van der Waals surface area contributed by atoms with Crippen LogP contribution in [-0.4, -0.2) is 48.2 Å². The molecule has 0 radical (unpaired) electrons. The molecule has 2 saturated heterocycles. The van der Waals surface area contributed by atoms with E-state index in [0.29, 0.717) is 23.6 Å². The van der Waals surface area contributed by atoms with Crippen molar-refractivity contribution in [1.82, 2.24) is 19.0 Å². The maximum atomic E-state index is 14.2. The van der Waals surface area contributed by atoms with E-state index < -0.39 is 18.1 Å². The quantitative estimate of drug-likeness (QED) is 0.526. The predicted octanol–water partition coefficient (Wildman–Crippen LogP) is 4.45. The molecule has 204 valence electrons. The second kappa shape index (κ2) is 9.73. The molecule has 2 aliphatic carbocycles. The third-order valence-electron chi connectivity index (χ3n) is 10.0. The molecule has 7 rings (SSSR count). The van der Waals surface area contributed by atoms with Crippen LogP contribution in [0, 0.1) is 11.8 Å². The zero-order valence-electron chi connectivity index (χ0n) is 22.2. The Morgan fingerprint density at radius 3 is 2.26 bits per heavy atom. The van der Waals surface area contributed by atoms with Gasteiger partial charge >= 0.3 is 5.97 Å². The number of aromatic nitrogens is 3. The van der Waals surface area contributed by atoms with Crippen molar-refractivity contribution in [2.75, 3.05) is 0 Å². The van der Waals surface area contributed by atoms with Gasteiger partial charge in [0.2, 0.25) is 0 Å². The molecule has 0 amide bonds. The molecular formula is C31H36N4O4. The van der Waals surface area contributed by atoms with Gasteiger partial charge < -0.3 is 9.67 Å². The van der Waals surface area contributed by atoms with Crippen molar-refractivity contribution in [3.63, 3.8) is 0 Å². The third kappa shape index (κ3) is 4.33. The molecule has 4 heterocycles. The molecular weight excluding hydrogens is 492 g/mol. The van der Waals surface area contributed by atoms with Crippen LogP contribution in [0.1, 0.15) is 70.3 Å². The summed E-state index contributed by atoms with van der Waals surface area (Å²) in [4.78, 5) is 45.9. The number of pyridine rings is 1. The summed E-state index contributed by atoms with van der Waals surface area (Å²) in [6.45, 7) is -0.519. The van der Waals surface area contributed by atoms with Crippen LogP contribution < -0.4 is 11.1 Å². The number of piperidine rings is 1. The zero-order valence-corrected chi connectivity index (χ0v) is 22.2. The minimum absolute atomic E-state index is 0.0457. The van der Waals surface area contributed by atoms with Gasteiger partial charge in [0.25, 0.3) is 11.1 Å². The van der Waals surface area contributed by atoms with E-state index in [0.717, 1.165) is 34.8 Å². The molecule has 8 heteroatoms. The van der Waals surface area contributed by atoms with E-state index in [-0.39, 0.29) is 23.0 Å². The third-order valence-corrected chi connectivity index (χ3v) is 10.0. The molecule has 4 fully saturated rings. The molecule has 3 aromatic rings. The molecule has 1 N–H and O–H groups in total. The largest absolute Gasteiger partial charge is 0.480 e.